The summed E-state index contributed by atoms with van der Waals surface area (Å²) in [5.74, 6) is -1.54. The third-order valence-corrected chi connectivity index (χ3v) is 4.49. The molecule has 1 rings (SSSR count). The first-order valence-electron chi connectivity index (χ1n) is 8.04. The third kappa shape index (κ3) is 5.70. The third-order valence-electron chi connectivity index (χ3n) is 4.49. The molecule has 0 radical (unpaired) electrons. The molecule has 7 heteroatoms. The van der Waals surface area contributed by atoms with Crippen LogP contribution in [0.25, 0.3) is 0 Å². The SMILES string of the molecule is CCC(C)(COC(=O)C1CCCCC1)C(=O)OC(C)C(F)(F)F. The number of alkyl halides is 3. The fraction of sp³-hybridized carbons (Fsp3) is 0.875. The number of carbonyl (C=O) groups excluding carboxylic acids is 2. The van der Waals surface area contributed by atoms with Crippen LogP contribution in [0.4, 0.5) is 13.2 Å². The van der Waals surface area contributed by atoms with Crippen LogP contribution in [0.5, 0.6) is 0 Å². The highest BCUT2D eigenvalue weighted by Crippen LogP contribution is 2.30. The summed E-state index contributed by atoms with van der Waals surface area (Å²) in [5, 5.41) is 0. The first kappa shape index (κ1) is 19.8. The highest BCUT2D eigenvalue weighted by Gasteiger charge is 2.43. The second kappa shape index (κ2) is 8.02. The lowest BCUT2D eigenvalue weighted by atomic mass is 9.87. The molecule has 2 atom stereocenters. The van der Waals surface area contributed by atoms with Gasteiger partial charge in [-0.25, -0.2) is 0 Å². The van der Waals surface area contributed by atoms with Gasteiger partial charge in [-0.05, 0) is 33.1 Å². The predicted octanol–water partition coefficient (Wildman–Crippen LogP) is 4.02. The van der Waals surface area contributed by atoms with Crippen molar-refractivity contribution in [2.75, 3.05) is 6.61 Å². The van der Waals surface area contributed by atoms with Crippen LogP contribution >= 0.6 is 0 Å². The van der Waals surface area contributed by atoms with E-state index in [1.165, 1.54) is 6.92 Å². The zero-order valence-corrected chi connectivity index (χ0v) is 13.9. The number of hydrogen-bond acceptors (Lipinski definition) is 4. The van der Waals surface area contributed by atoms with E-state index >= 15 is 0 Å². The molecule has 0 aliphatic heterocycles. The molecule has 0 aromatic heterocycles. The maximum Gasteiger partial charge on any atom is 0.425 e. The summed E-state index contributed by atoms with van der Waals surface area (Å²) in [5.41, 5.74) is -1.27. The van der Waals surface area contributed by atoms with Gasteiger partial charge in [0, 0.05) is 0 Å². The van der Waals surface area contributed by atoms with Crippen LogP contribution in [-0.4, -0.2) is 30.8 Å². The molecule has 0 N–H and O–H groups in total. The summed E-state index contributed by atoms with van der Waals surface area (Å²) in [7, 11) is 0. The Hall–Kier alpha value is -1.27. The Morgan fingerprint density at radius 2 is 1.74 bits per heavy atom. The van der Waals surface area contributed by atoms with E-state index in [0.29, 0.717) is 0 Å². The van der Waals surface area contributed by atoms with Crippen LogP contribution in [0.2, 0.25) is 0 Å². The quantitative estimate of drug-likeness (QED) is 0.687. The van der Waals surface area contributed by atoms with Gasteiger partial charge in [0.1, 0.15) is 6.61 Å². The largest absolute Gasteiger partial charge is 0.464 e. The Bertz CT molecular complexity index is 416. The molecule has 4 nitrogen and oxygen atoms in total. The fourth-order valence-corrected chi connectivity index (χ4v) is 2.36. The van der Waals surface area contributed by atoms with Gasteiger partial charge in [-0.3, -0.25) is 9.59 Å². The van der Waals surface area contributed by atoms with E-state index in [9.17, 15) is 22.8 Å². The van der Waals surface area contributed by atoms with Crippen molar-refractivity contribution in [2.45, 2.75) is 71.6 Å². The van der Waals surface area contributed by atoms with E-state index < -0.39 is 23.7 Å². The van der Waals surface area contributed by atoms with Crippen LogP contribution in [0, 0.1) is 11.3 Å². The zero-order chi connectivity index (χ0) is 17.7. The summed E-state index contributed by atoms with van der Waals surface area (Å²) in [6.45, 7) is 3.62. The molecule has 0 aromatic carbocycles. The number of carbonyl (C=O) groups is 2. The van der Waals surface area contributed by atoms with Gasteiger partial charge in [-0.1, -0.05) is 26.2 Å². The van der Waals surface area contributed by atoms with E-state index in [-0.39, 0.29) is 24.9 Å². The van der Waals surface area contributed by atoms with Crippen LogP contribution < -0.4 is 0 Å². The van der Waals surface area contributed by atoms with Crippen molar-refractivity contribution in [2.24, 2.45) is 11.3 Å². The molecule has 0 spiro atoms. The van der Waals surface area contributed by atoms with Crippen molar-refractivity contribution >= 4 is 11.9 Å². The monoisotopic (exact) mass is 338 g/mol. The van der Waals surface area contributed by atoms with Crippen molar-refractivity contribution in [1.82, 2.24) is 0 Å². The van der Waals surface area contributed by atoms with Crippen LogP contribution in [0.3, 0.4) is 0 Å². The molecule has 2 unspecified atom stereocenters. The summed E-state index contributed by atoms with van der Waals surface area (Å²) >= 11 is 0. The lowest BCUT2D eigenvalue weighted by Gasteiger charge is -2.29. The minimum Gasteiger partial charge on any atom is -0.464 e. The fourth-order valence-electron chi connectivity index (χ4n) is 2.36. The second-order valence-electron chi connectivity index (χ2n) is 6.45. The van der Waals surface area contributed by atoms with E-state index in [0.717, 1.165) is 39.0 Å². The minimum atomic E-state index is -4.61. The average molecular weight is 338 g/mol. The first-order chi connectivity index (χ1) is 10.6. The molecule has 1 aliphatic rings. The highest BCUT2D eigenvalue weighted by atomic mass is 19.4. The van der Waals surface area contributed by atoms with Gasteiger partial charge in [0.15, 0.2) is 6.10 Å². The molecular weight excluding hydrogens is 313 g/mol. The normalized spacial score (nSPS) is 20.4. The Labute approximate surface area is 134 Å². The lowest BCUT2D eigenvalue weighted by Crippen LogP contribution is -2.40. The average Bonchev–Trinajstić information content (AvgIpc) is 2.52. The van der Waals surface area contributed by atoms with Crippen molar-refractivity contribution in [3.63, 3.8) is 0 Å². The molecule has 134 valence electrons. The first-order valence-corrected chi connectivity index (χ1v) is 8.04. The molecule has 1 aliphatic carbocycles. The number of hydrogen-bond donors (Lipinski definition) is 0. The molecule has 1 saturated carbocycles. The number of ether oxygens (including phenoxy) is 2. The van der Waals surface area contributed by atoms with Gasteiger partial charge in [-0.15, -0.1) is 0 Å². The number of halogens is 3. The second-order valence-corrected chi connectivity index (χ2v) is 6.45. The Morgan fingerprint density at radius 3 is 2.22 bits per heavy atom. The summed E-state index contributed by atoms with van der Waals surface area (Å²) in [4.78, 5) is 24.0. The molecule has 0 heterocycles. The van der Waals surface area contributed by atoms with Crippen LogP contribution in [0.15, 0.2) is 0 Å². The van der Waals surface area contributed by atoms with Gasteiger partial charge >= 0.3 is 18.1 Å². The predicted molar refractivity (Wildman–Crippen MR) is 77.5 cm³/mol. The molecule has 0 aromatic rings. The van der Waals surface area contributed by atoms with Crippen molar-refractivity contribution in [3.8, 4) is 0 Å². The topological polar surface area (TPSA) is 52.6 Å². The van der Waals surface area contributed by atoms with Gasteiger partial charge in [0.25, 0.3) is 0 Å². The Morgan fingerprint density at radius 1 is 1.17 bits per heavy atom. The summed E-state index contributed by atoms with van der Waals surface area (Å²) < 4.78 is 47.2. The Kier molecular flexibility index (Phi) is 6.89. The minimum absolute atomic E-state index is 0.171. The molecule has 23 heavy (non-hydrogen) atoms. The van der Waals surface area contributed by atoms with Crippen LogP contribution in [0.1, 0.15) is 59.3 Å². The summed E-state index contributed by atoms with van der Waals surface area (Å²) in [6.07, 6.45) is -2.02. The van der Waals surface area contributed by atoms with Gasteiger partial charge in [0.2, 0.25) is 0 Å². The Balaban J connectivity index is 2.58. The smallest absolute Gasteiger partial charge is 0.425 e. The molecule has 1 fully saturated rings. The standard InChI is InChI=1S/C16H25F3O4/c1-4-15(3,14(21)23-11(2)16(17,18)19)10-22-13(20)12-8-6-5-7-9-12/h11-12H,4-10H2,1-3H3. The van der Waals surface area contributed by atoms with E-state index in [2.05, 4.69) is 4.74 Å². The van der Waals surface area contributed by atoms with E-state index in [1.54, 1.807) is 6.92 Å². The molecule has 0 bridgehead atoms. The van der Waals surface area contributed by atoms with Gasteiger partial charge in [-0.2, -0.15) is 13.2 Å². The number of esters is 2. The highest BCUT2D eigenvalue weighted by molar-refractivity contribution is 5.78. The van der Waals surface area contributed by atoms with E-state index in [1.807, 2.05) is 0 Å². The maximum absolute atomic E-state index is 12.5. The molecule has 0 saturated heterocycles. The molecular formula is C16H25F3O4. The maximum atomic E-state index is 12.5. The van der Waals surface area contributed by atoms with Crippen molar-refractivity contribution in [3.05, 3.63) is 0 Å². The zero-order valence-electron chi connectivity index (χ0n) is 13.9. The van der Waals surface area contributed by atoms with Crippen molar-refractivity contribution in [1.29, 1.82) is 0 Å². The van der Waals surface area contributed by atoms with Gasteiger partial charge in [0.05, 0.1) is 11.3 Å². The molecule has 0 amide bonds. The van der Waals surface area contributed by atoms with Gasteiger partial charge < -0.3 is 9.47 Å². The van der Waals surface area contributed by atoms with Crippen LogP contribution in [-0.2, 0) is 19.1 Å². The lowest BCUT2D eigenvalue weighted by molar-refractivity contribution is -0.223. The summed E-state index contributed by atoms with van der Waals surface area (Å²) in [6, 6.07) is 0. The van der Waals surface area contributed by atoms with E-state index in [4.69, 9.17) is 4.74 Å². The van der Waals surface area contributed by atoms with Crippen molar-refractivity contribution < 1.29 is 32.2 Å². The number of rotatable bonds is 6.